The van der Waals surface area contributed by atoms with Crippen LogP contribution >= 0.6 is 0 Å². The topological polar surface area (TPSA) is 49.8 Å². The van der Waals surface area contributed by atoms with E-state index in [0.717, 1.165) is 17.2 Å². The highest BCUT2D eigenvalue weighted by Crippen LogP contribution is 2.25. The third kappa shape index (κ3) is 5.23. The normalized spacial score (nSPS) is 12.1. The lowest BCUT2D eigenvalue weighted by Gasteiger charge is -2.21. The van der Waals surface area contributed by atoms with Crippen LogP contribution in [0.15, 0.2) is 30.3 Å². The first-order valence-corrected chi connectivity index (χ1v) is 8.04. The van der Waals surface area contributed by atoms with Gasteiger partial charge in [-0.1, -0.05) is 32.9 Å². The lowest BCUT2D eigenvalue weighted by Crippen LogP contribution is -2.27. The molecule has 0 amide bonds. The lowest BCUT2D eigenvalue weighted by atomic mass is 9.87. The number of nitrogens with one attached hydrogen (secondary N) is 2. The first kappa shape index (κ1) is 17.3. The summed E-state index contributed by atoms with van der Waals surface area (Å²) >= 11 is 0. The monoisotopic (exact) mass is 312 g/mol. The van der Waals surface area contributed by atoms with Crippen molar-refractivity contribution in [2.75, 3.05) is 10.6 Å². The van der Waals surface area contributed by atoms with E-state index in [9.17, 15) is 0 Å². The number of aromatic nitrogens is 2. The molecule has 23 heavy (non-hydrogen) atoms. The highest BCUT2D eigenvalue weighted by Gasteiger charge is 2.14. The van der Waals surface area contributed by atoms with E-state index in [1.807, 2.05) is 13.0 Å². The molecule has 0 spiro atoms. The summed E-state index contributed by atoms with van der Waals surface area (Å²) in [4.78, 5) is 9.00. The second-order valence-corrected chi connectivity index (χ2v) is 8.05. The van der Waals surface area contributed by atoms with Gasteiger partial charge in [0.25, 0.3) is 0 Å². The zero-order valence-electron chi connectivity index (χ0n) is 15.3. The largest absolute Gasteiger partial charge is 0.350 e. The van der Waals surface area contributed by atoms with E-state index in [4.69, 9.17) is 0 Å². The maximum absolute atomic E-state index is 4.55. The van der Waals surface area contributed by atoms with Crippen molar-refractivity contribution in [2.45, 2.75) is 59.4 Å². The van der Waals surface area contributed by atoms with Crippen molar-refractivity contribution >= 4 is 17.5 Å². The van der Waals surface area contributed by atoms with E-state index < -0.39 is 0 Å². The minimum Gasteiger partial charge on any atom is -0.350 e. The molecule has 2 aromatic rings. The molecule has 0 radical (unpaired) electrons. The van der Waals surface area contributed by atoms with E-state index in [1.54, 1.807) is 0 Å². The van der Waals surface area contributed by atoms with Gasteiger partial charge in [-0.05, 0) is 50.8 Å². The first-order valence-electron chi connectivity index (χ1n) is 8.04. The van der Waals surface area contributed by atoms with Gasteiger partial charge in [-0.2, -0.15) is 4.98 Å². The fraction of sp³-hybridized carbons (Fsp3) is 0.474. The smallest absolute Gasteiger partial charge is 0.225 e. The lowest BCUT2D eigenvalue weighted by molar-refractivity contribution is 0.590. The van der Waals surface area contributed by atoms with Crippen molar-refractivity contribution in [1.82, 2.24) is 9.97 Å². The van der Waals surface area contributed by atoms with Gasteiger partial charge in [-0.3, -0.25) is 0 Å². The Morgan fingerprint density at radius 1 is 0.870 bits per heavy atom. The Hall–Kier alpha value is -2.10. The van der Waals surface area contributed by atoms with Crippen molar-refractivity contribution in [3.8, 4) is 0 Å². The molecule has 0 saturated carbocycles. The van der Waals surface area contributed by atoms with Crippen molar-refractivity contribution in [1.29, 1.82) is 0 Å². The number of hydrogen-bond donors (Lipinski definition) is 2. The van der Waals surface area contributed by atoms with Crippen molar-refractivity contribution < 1.29 is 0 Å². The van der Waals surface area contributed by atoms with Gasteiger partial charge >= 0.3 is 0 Å². The van der Waals surface area contributed by atoms with Crippen molar-refractivity contribution in [3.63, 3.8) is 0 Å². The molecule has 0 bridgehead atoms. The van der Waals surface area contributed by atoms with Crippen LogP contribution in [0, 0.1) is 6.92 Å². The third-order valence-electron chi connectivity index (χ3n) is 3.36. The fourth-order valence-electron chi connectivity index (χ4n) is 2.23. The van der Waals surface area contributed by atoms with Crippen LogP contribution in [0.4, 0.5) is 17.5 Å². The predicted molar refractivity (Wildman–Crippen MR) is 98.6 cm³/mol. The number of rotatable bonds is 3. The van der Waals surface area contributed by atoms with Gasteiger partial charge in [-0.15, -0.1) is 0 Å². The Bertz CT molecular complexity index is 661. The second kappa shape index (κ2) is 6.19. The summed E-state index contributed by atoms with van der Waals surface area (Å²) in [5, 5.41) is 6.67. The van der Waals surface area contributed by atoms with Gasteiger partial charge in [0.1, 0.15) is 5.82 Å². The van der Waals surface area contributed by atoms with Gasteiger partial charge in [-0.25, -0.2) is 4.98 Å². The molecule has 124 valence electrons. The summed E-state index contributed by atoms with van der Waals surface area (Å²) in [7, 11) is 0. The molecule has 0 aliphatic carbocycles. The Morgan fingerprint density at radius 2 is 1.48 bits per heavy atom. The molecule has 1 aromatic carbocycles. The number of nitrogens with zero attached hydrogens (tertiary/aromatic N) is 2. The Labute approximate surface area is 139 Å². The minimum atomic E-state index is -0.0700. The van der Waals surface area contributed by atoms with E-state index in [0.29, 0.717) is 5.95 Å². The van der Waals surface area contributed by atoms with Crippen LogP contribution in [-0.2, 0) is 5.41 Å². The standard InChI is InChI=1S/C19H28N4/c1-13-12-16(22-17(20-13)23-19(5,6)7)21-15-10-8-14(9-11-15)18(2,3)4/h8-12H,1-7H3,(H2,20,21,22,23). The maximum Gasteiger partial charge on any atom is 0.225 e. The molecular weight excluding hydrogens is 284 g/mol. The number of aryl methyl sites for hydroxylation is 1. The Morgan fingerprint density at radius 3 is 2.00 bits per heavy atom. The molecule has 0 saturated heterocycles. The summed E-state index contributed by atoms with van der Waals surface area (Å²) in [5.41, 5.74) is 3.36. The van der Waals surface area contributed by atoms with Gasteiger partial charge in [0.15, 0.2) is 0 Å². The first-order chi connectivity index (χ1) is 10.5. The zero-order chi connectivity index (χ0) is 17.3. The van der Waals surface area contributed by atoms with Gasteiger partial charge < -0.3 is 10.6 Å². The molecule has 0 aliphatic heterocycles. The molecular formula is C19H28N4. The molecule has 0 atom stereocenters. The van der Waals surface area contributed by atoms with Crippen molar-refractivity contribution in [2.24, 2.45) is 0 Å². The molecule has 0 aliphatic rings. The van der Waals surface area contributed by atoms with Gasteiger partial charge in [0.2, 0.25) is 5.95 Å². The minimum absolute atomic E-state index is 0.0700. The average molecular weight is 312 g/mol. The maximum atomic E-state index is 4.55. The summed E-state index contributed by atoms with van der Waals surface area (Å²) in [6.07, 6.45) is 0. The van der Waals surface area contributed by atoms with Crippen LogP contribution in [0.25, 0.3) is 0 Å². The summed E-state index contributed by atoms with van der Waals surface area (Å²) in [6.45, 7) is 14.9. The molecule has 2 N–H and O–H groups in total. The van der Waals surface area contributed by atoms with E-state index in [1.165, 1.54) is 5.56 Å². The van der Waals surface area contributed by atoms with Crippen molar-refractivity contribution in [3.05, 3.63) is 41.6 Å². The highest BCUT2D eigenvalue weighted by atomic mass is 15.2. The summed E-state index contributed by atoms with van der Waals surface area (Å²) < 4.78 is 0. The Balaban J connectivity index is 2.20. The van der Waals surface area contributed by atoms with Crippen LogP contribution in [0.2, 0.25) is 0 Å². The van der Waals surface area contributed by atoms with Gasteiger partial charge in [0.05, 0.1) is 0 Å². The average Bonchev–Trinajstić information content (AvgIpc) is 2.35. The van der Waals surface area contributed by atoms with Gasteiger partial charge in [0, 0.05) is 23.0 Å². The molecule has 2 rings (SSSR count). The molecule has 0 unspecified atom stereocenters. The number of anilines is 3. The van der Waals surface area contributed by atoms with Crippen LogP contribution in [-0.4, -0.2) is 15.5 Å². The quantitative estimate of drug-likeness (QED) is 0.834. The molecule has 0 fully saturated rings. The van der Waals surface area contributed by atoms with Crippen LogP contribution in [0.3, 0.4) is 0 Å². The van der Waals surface area contributed by atoms with E-state index in [-0.39, 0.29) is 11.0 Å². The highest BCUT2D eigenvalue weighted by molar-refractivity contribution is 5.58. The van der Waals surface area contributed by atoms with Crippen LogP contribution < -0.4 is 10.6 Å². The Kier molecular flexibility index (Phi) is 4.64. The summed E-state index contributed by atoms with van der Waals surface area (Å²) in [5.74, 6) is 1.44. The number of benzene rings is 1. The molecule has 1 heterocycles. The summed E-state index contributed by atoms with van der Waals surface area (Å²) in [6, 6.07) is 10.4. The fourth-order valence-corrected chi connectivity index (χ4v) is 2.23. The second-order valence-electron chi connectivity index (χ2n) is 8.05. The molecule has 4 heteroatoms. The molecule has 1 aromatic heterocycles. The number of hydrogen-bond acceptors (Lipinski definition) is 4. The van der Waals surface area contributed by atoms with Crippen LogP contribution in [0.1, 0.15) is 52.8 Å². The SMILES string of the molecule is Cc1cc(Nc2ccc(C(C)(C)C)cc2)nc(NC(C)(C)C)n1. The third-order valence-corrected chi connectivity index (χ3v) is 3.36. The van der Waals surface area contributed by atoms with Crippen LogP contribution in [0.5, 0.6) is 0 Å². The van der Waals surface area contributed by atoms with E-state index >= 15 is 0 Å². The molecule has 4 nitrogen and oxygen atoms in total. The van der Waals surface area contributed by atoms with E-state index in [2.05, 4.69) is 86.4 Å². The zero-order valence-corrected chi connectivity index (χ0v) is 15.3. The predicted octanol–water partition coefficient (Wildman–Crippen LogP) is 5.04.